The van der Waals surface area contributed by atoms with Gasteiger partial charge in [0.05, 0.1) is 5.56 Å². The first-order valence-corrected chi connectivity index (χ1v) is 5.73. The average Bonchev–Trinajstić information content (AvgIpc) is 2.29. The van der Waals surface area contributed by atoms with Crippen molar-refractivity contribution in [1.82, 2.24) is 0 Å². The minimum atomic E-state index is -0.522. The molecule has 0 aliphatic heterocycles. The molecule has 0 radical (unpaired) electrons. The van der Waals surface area contributed by atoms with Crippen molar-refractivity contribution in [2.75, 3.05) is 0 Å². The summed E-state index contributed by atoms with van der Waals surface area (Å²) < 4.78 is 5.57. The maximum atomic E-state index is 11.9. The molecule has 2 heteroatoms. The van der Waals surface area contributed by atoms with E-state index in [4.69, 9.17) is 4.74 Å². The molecule has 0 aromatic heterocycles. The summed E-state index contributed by atoms with van der Waals surface area (Å²) in [6.07, 6.45) is 6.79. The van der Waals surface area contributed by atoms with Crippen molar-refractivity contribution in [2.24, 2.45) is 0 Å². The fourth-order valence-electron chi connectivity index (χ4n) is 1.98. The second kappa shape index (κ2) is 4.58. The van der Waals surface area contributed by atoms with Crippen molar-refractivity contribution < 1.29 is 9.53 Å². The number of hydrogen-bond acceptors (Lipinski definition) is 2. The van der Waals surface area contributed by atoms with E-state index in [1.807, 2.05) is 50.3 Å². The van der Waals surface area contributed by atoms with Crippen LogP contribution in [0.5, 0.6) is 0 Å². The van der Waals surface area contributed by atoms with Crippen molar-refractivity contribution >= 4 is 5.97 Å². The van der Waals surface area contributed by atoms with Gasteiger partial charge in [0.2, 0.25) is 0 Å². The second-order valence-electron chi connectivity index (χ2n) is 4.56. The molecule has 1 aromatic rings. The first-order chi connectivity index (χ1) is 8.09. The quantitative estimate of drug-likeness (QED) is 0.724. The molecule has 88 valence electrons. The van der Waals surface area contributed by atoms with Crippen LogP contribution in [0, 0.1) is 0 Å². The smallest absolute Gasteiger partial charge is 0.338 e. The summed E-state index contributed by atoms with van der Waals surface area (Å²) in [7, 11) is 0. The number of hydrogen-bond donors (Lipinski definition) is 0. The first kappa shape index (κ1) is 11.6. The van der Waals surface area contributed by atoms with E-state index in [0.717, 1.165) is 12.0 Å². The molecular formula is C15H16O2. The van der Waals surface area contributed by atoms with E-state index in [1.165, 1.54) is 0 Å². The molecule has 0 bridgehead atoms. The van der Waals surface area contributed by atoms with Gasteiger partial charge in [-0.15, -0.1) is 0 Å². The Morgan fingerprint density at radius 2 is 2.00 bits per heavy atom. The summed E-state index contributed by atoms with van der Waals surface area (Å²) in [6.45, 7) is 3.94. The molecule has 0 N–H and O–H groups in total. The molecule has 17 heavy (non-hydrogen) atoms. The SMILES string of the molecule is CC1=CC(C)(OC(=O)c2ccccc2)CC=C1. The third-order valence-electron chi connectivity index (χ3n) is 2.77. The molecule has 1 atom stereocenters. The van der Waals surface area contributed by atoms with Gasteiger partial charge in [-0.3, -0.25) is 0 Å². The van der Waals surface area contributed by atoms with Gasteiger partial charge in [-0.05, 0) is 32.1 Å². The van der Waals surface area contributed by atoms with Crippen LogP contribution < -0.4 is 0 Å². The van der Waals surface area contributed by atoms with Crippen molar-refractivity contribution in [3.63, 3.8) is 0 Å². The van der Waals surface area contributed by atoms with Gasteiger partial charge in [0.15, 0.2) is 0 Å². The van der Waals surface area contributed by atoms with Crippen LogP contribution >= 0.6 is 0 Å². The van der Waals surface area contributed by atoms with Crippen LogP contribution in [0.4, 0.5) is 0 Å². The highest BCUT2D eigenvalue weighted by Gasteiger charge is 2.27. The van der Waals surface area contributed by atoms with Crippen LogP contribution in [0.2, 0.25) is 0 Å². The number of rotatable bonds is 2. The zero-order chi connectivity index (χ0) is 12.3. The molecule has 0 heterocycles. The molecule has 0 saturated heterocycles. The Balaban J connectivity index is 2.12. The minimum Gasteiger partial charge on any atom is -0.451 e. The number of ether oxygens (including phenoxy) is 1. The third kappa shape index (κ3) is 2.84. The molecule has 0 amide bonds. The van der Waals surface area contributed by atoms with E-state index in [9.17, 15) is 4.79 Å². The average molecular weight is 228 g/mol. The third-order valence-corrected chi connectivity index (χ3v) is 2.77. The van der Waals surface area contributed by atoms with E-state index in [0.29, 0.717) is 5.56 Å². The summed E-state index contributed by atoms with van der Waals surface area (Å²) in [5.74, 6) is -0.271. The number of allylic oxidation sites excluding steroid dienone is 2. The zero-order valence-electron chi connectivity index (χ0n) is 10.1. The second-order valence-corrected chi connectivity index (χ2v) is 4.56. The van der Waals surface area contributed by atoms with Crippen molar-refractivity contribution in [3.05, 3.63) is 59.7 Å². The van der Waals surface area contributed by atoms with Gasteiger partial charge < -0.3 is 4.74 Å². The van der Waals surface area contributed by atoms with Gasteiger partial charge in [-0.2, -0.15) is 0 Å². The van der Waals surface area contributed by atoms with Gasteiger partial charge in [0.25, 0.3) is 0 Å². The normalized spacial score (nSPS) is 23.1. The highest BCUT2D eigenvalue weighted by Crippen LogP contribution is 2.26. The van der Waals surface area contributed by atoms with Crippen LogP contribution in [-0.2, 0) is 4.74 Å². The van der Waals surface area contributed by atoms with Gasteiger partial charge in [-0.1, -0.05) is 35.9 Å². The van der Waals surface area contributed by atoms with E-state index in [2.05, 4.69) is 0 Å². The molecule has 0 spiro atoms. The van der Waals surface area contributed by atoms with Crippen molar-refractivity contribution in [3.8, 4) is 0 Å². The summed E-state index contributed by atoms with van der Waals surface area (Å²) in [4.78, 5) is 11.9. The van der Waals surface area contributed by atoms with Crippen LogP contribution in [0.15, 0.2) is 54.1 Å². The standard InChI is InChI=1S/C15H16O2/c1-12-7-6-10-15(2,11-12)17-14(16)13-8-4-3-5-9-13/h3-9,11H,10H2,1-2H3. The Morgan fingerprint density at radius 3 is 2.65 bits per heavy atom. The Kier molecular flexibility index (Phi) is 3.14. The van der Waals surface area contributed by atoms with Crippen molar-refractivity contribution in [2.45, 2.75) is 25.9 Å². The Hall–Kier alpha value is -1.83. The number of carbonyl (C=O) groups excluding carboxylic acids is 1. The topological polar surface area (TPSA) is 26.3 Å². The summed E-state index contributed by atoms with van der Waals surface area (Å²) in [5, 5.41) is 0. The molecule has 1 unspecified atom stereocenters. The lowest BCUT2D eigenvalue weighted by Crippen LogP contribution is -2.30. The number of esters is 1. The minimum absolute atomic E-state index is 0.271. The fourth-order valence-corrected chi connectivity index (χ4v) is 1.98. The fraction of sp³-hybridized carbons (Fsp3) is 0.267. The summed E-state index contributed by atoms with van der Waals surface area (Å²) in [6, 6.07) is 9.08. The van der Waals surface area contributed by atoms with Crippen LogP contribution in [-0.4, -0.2) is 11.6 Å². The van der Waals surface area contributed by atoms with Crippen LogP contribution in [0.1, 0.15) is 30.6 Å². The highest BCUT2D eigenvalue weighted by molar-refractivity contribution is 5.89. The van der Waals surface area contributed by atoms with Gasteiger partial charge in [0, 0.05) is 6.42 Å². The predicted octanol–water partition coefficient (Wildman–Crippen LogP) is 3.51. The zero-order valence-corrected chi connectivity index (χ0v) is 10.1. The molecule has 1 aromatic carbocycles. The lowest BCUT2D eigenvalue weighted by atomic mass is 9.94. The van der Waals surface area contributed by atoms with Gasteiger partial charge in [0.1, 0.15) is 5.60 Å². The number of benzene rings is 1. The van der Waals surface area contributed by atoms with Gasteiger partial charge >= 0.3 is 5.97 Å². The summed E-state index contributed by atoms with van der Waals surface area (Å²) in [5.41, 5.74) is 1.19. The summed E-state index contributed by atoms with van der Waals surface area (Å²) >= 11 is 0. The predicted molar refractivity (Wildman–Crippen MR) is 67.8 cm³/mol. The Morgan fingerprint density at radius 1 is 1.29 bits per heavy atom. The molecule has 1 aliphatic rings. The van der Waals surface area contributed by atoms with Gasteiger partial charge in [-0.25, -0.2) is 4.79 Å². The van der Waals surface area contributed by atoms with E-state index >= 15 is 0 Å². The molecule has 0 saturated carbocycles. The molecule has 2 rings (SSSR count). The van der Waals surface area contributed by atoms with Crippen LogP contribution in [0.3, 0.4) is 0 Å². The largest absolute Gasteiger partial charge is 0.451 e. The van der Waals surface area contributed by atoms with Crippen molar-refractivity contribution in [1.29, 1.82) is 0 Å². The van der Waals surface area contributed by atoms with Crippen LogP contribution in [0.25, 0.3) is 0 Å². The lowest BCUT2D eigenvalue weighted by Gasteiger charge is -2.28. The first-order valence-electron chi connectivity index (χ1n) is 5.73. The highest BCUT2D eigenvalue weighted by atomic mass is 16.6. The maximum Gasteiger partial charge on any atom is 0.338 e. The molecule has 2 nitrogen and oxygen atoms in total. The van der Waals surface area contributed by atoms with E-state index < -0.39 is 5.60 Å². The number of carbonyl (C=O) groups is 1. The lowest BCUT2D eigenvalue weighted by molar-refractivity contribution is 0.0114. The molecular weight excluding hydrogens is 212 g/mol. The van der Waals surface area contributed by atoms with E-state index in [-0.39, 0.29) is 5.97 Å². The Bertz CT molecular complexity index is 471. The maximum absolute atomic E-state index is 11.9. The molecule has 0 fully saturated rings. The molecule has 1 aliphatic carbocycles. The Labute approximate surface area is 102 Å². The van der Waals surface area contributed by atoms with E-state index in [1.54, 1.807) is 12.1 Å². The monoisotopic (exact) mass is 228 g/mol.